The van der Waals surface area contributed by atoms with Crippen LogP contribution in [0, 0.1) is 11.7 Å². The average Bonchev–Trinajstić information content (AvgIpc) is 3.28. The molecule has 1 aliphatic heterocycles. The standard InChI is InChI=1S/C25H27FN4O3S/c1-14(2)11-12-30-15(3)21(24-28-23(29-33-24)16-5-8-18(26)9-6-16)22(27-25(30)34)17-7-10-20(32-4)19(31)13-17/h5-10,13-14,22,31H,11-12H2,1-4H3,(H,27,34). The average molecular weight is 483 g/mol. The number of ether oxygens (including phenoxy) is 1. The zero-order chi connectivity index (χ0) is 24.4. The molecule has 178 valence electrons. The van der Waals surface area contributed by atoms with E-state index in [1.165, 1.54) is 19.2 Å². The summed E-state index contributed by atoms with van der Waals surface area (Å²) in [4.78, 5) is 6.65. The fourth-order valence-electron chi connectivity index (χ4n) is 3.90. The highest BCUT2D eigenvalue weighted by Crippen LogP contribution is 2.40. The third-order valence-corrected chi connectivity index (χ3v) is 6.16. The molecule has 0 bridgehead atoms. The molecular formula is C25H27FN4O3S. The van der Waals surface area contributed by atoms with Gasteiger partial charge in [-0.05, 0) is 73.4 Å². The van der Waals surface area contributed by atoms with Gasteiger partial charge in [-0.25, -0.2) is 4.39 Å². The fraction of sp³-hybridized carbons (Fsp3) is 0.320. The molecule has 1 aromatic heterocycles. The second kappa shape index (κ2) is 9.80. The van der Waals surface area contributed by atoms with Gasteiger partial charge < -0.3 is 24.6 Å². The number of halogens is 1. The van der Waals surface area contributed by atoms with Crippen molar-refractivity contribution in [2.45, 2.75) is 33.2 Å². The highest BCUT2D eigenvalue weighted by molar-refractivity contribution is 7.80. The first-order valence-electron chi connectivity index (χ1n) is 11.0. The van der Waals surface area contributed by atoms with Gasteiger partial charge in [0, 0.05) is 17.8 Å². The van der Waals surface area contributed by atoms with Crippen LogP contribution in [0.2, 0.25) is 0 Å². The number of hydrogen-bond donors (Lipinski definition) is 2. The van der Waals surface area contributed by atoms with Crippen molar-refractivity contribution in [3.8, 4) is 22.9 Å². The van der Waals surface area contributed by atoms with E-state index in [2.05, 4.69) is 29.3 Å². The Bertz CT molecular complexity index is 1220. The third kappa shape index (κ3) is 4.75. The molecule has 1 aliphatic rings. The Morgan fingerprint density at radius 3 is 2.62 bits per heavy atom. The van der Waals surface area contributed by atoms with Crippen LogP contribution in [0.25, 0.3) is 17.0 Å². The topological polar surface area (TPSA) is 83.7 Å². The molecule has 0 saturated heterocycles. The van der Waals surface area contributed by atoms with Crippen LogP contribution in [-0.4, -0.2) is 38.9 Å². The first-order chi connectivity index (χ1) is 16.3. The molecule has 34 heavy (non-hydrogen) atoms. The third-order valence-electron chi connectivity index (χ3n) is 5.82. The lowest BCUT2D eigenvalue weighted by Crippen LogP contribution is -2.46. The van der Waals surface area contributed by atoms with E-state index >= 15 is 0 Å². The SMILES string of the molecule is COc1ccc(C2NC(=S)N(CCC(C)C)C(C)=C2c2nc(-c3ccc(F)cc3)no2)cc1O. The number of nitrogens with one attached hydrogen (secondary N) is 1. The Balaban J connectivity index is 1.79. The van der Waals surface area contributed by atoms with Gasteiger partial charge in [0.2, 0.25) is 5.82 Å². The summed E-state index contributed by atoms with van der Waals surface area (Å²) < 4.78 is 24.2. The largest absolute Gasteiger partial charge is 0.504 e. The molecule has 0 amide bonds. The molecule has 3 aromatic rings. The Kier molecular flexibility index (Phi) is 6.83. The predicted molar refractivity (Wildman–Crippen MR) is 132 cm³/mol. The van der Waals surface area contributed by atoms with Crippen molar-refractivity contribution in [2.24, 2.45) is 5.92 Å². The van der Waals surface area contributed by atoms with Crippen molar-refractivity contribution in [1.82, 2.24) is 20.4 Å². The Labute approximate surface area is 203 Å². The van der Waals surface area contributed by atoms with Crippen LogP contribution in [0.4, 0.5) is 4.39 Å². The lowest BCUT2D eigenvalue weighted by molar-refractivity contribution is 0.372. The van der Waals surface area contributed by atoms with Crippen molar-refractivity contribution in [3.63, 3.8) is 0 Å². The molecule has 1 unspecified atom stereocenters. The molecule has 1 atom stereocenters. The summed E-state index contributed by atoms with van der Waals surface area (Å²) in [7, 11) is 1.50. The van der Waals surface area contributed by atoms with Gasteiger partial charge in [0.25, 0.3) is 5.89 Å². The first-order valence-corrected chi connectivity index (χ1v) is 11.4. The fourth-order valence-corrected chi connectivity index (χ4v) is 4.25. The number of aromatic nitrogens is 2. The zero-order valence-corrected chi connectivity index (χ0v) is 20.3. The van der Waals surface area contributed by atoms with Gasteiger partial charge in [-0.15, -0.1) is 0 Å². The van der Waals surface area contributed by atoms with Crippen LogP contribution in [0.15, 0.2) is 52.7 Å². The molecule has 4 rings (SSSR count). The maximum Gasteiger partial charge on any atom is 0.258 e. The molecule has 2 N–H and O–H groups in total. The highest BCUT2D eigenvalue weighted by atomic mass is 32.1. The van der Waals surface area contributed by atoms with Crippen LogP contribution in [0.5, 0.6) is 11.5 Å². The van der Waals surface area contributed by atoms with Crippen LogP contribution in [-0.2, 0) is 0 Å². The Morgan fingerprint density at radius 1 is 1.24 bits per heavy atom. The molecule has 7 nitrogen and oxygen atoms in total. The maximum absolute atomic E-state index is 13.4. The summed E-state index contributed by atoms with van der Waals surface area (Å²) in [6.07, 6.45) is 0.949. The number of phenolic OH excluding ortho intramolecular Hbond substituents is 1. The minimum absolute atomic E-state index is 0.0180. The van der Waals surface area contributed by atoms with E-state index in [4.69, 9.17) is 21.5 Å². The molecule has 0 radical (unpaired) electrons. The van der Waals surface area contributed by atoms with Crippen molar-refractivity contribution in [2.75, 3.05) is 13.7 Å². The van der Waals surface area contributed by atoms with E-state index in [1.54, 1.807) is 24.3 Å². The number of benzene rings is 2. The summed E-state index contributed by atoms with van der Waals surface area (Å²) in [5.41, 5.74) is 3.05. The van der Waals surface area contributed by atoms with Crippen molar-refractivity contribution in [1.29, 1.82) is 0 Å². The van der Waals surface area contributed by atoms with E-state index < -0.39 is 6.04 Å². The molecule has 0 aliphatic carbocycles. The van der Waals surface area contributed by atoms with Crippen molar-refractivity contribution in [3.05, 3.63) is 65.4 Å². The minimum Gasteiger partial charge on any atom is -0.504 e. The molecule has 0 fully saturated rings. The van der Waals surface area contributed by atoms with E-state index in [9.17, 15) is 9.50 Å². The van der Waals surface area contributed by atoms with Gasteiger partial charge in [0.05, 0.1) is 18.7 Å². The maximum atomic E-state index is 13.4. The monoisotopic (exact) mass is 482 g/mol. The van der Waals surface area contributed by atoms with Crippen molar-refractivity contribution >= 4 is 22.9 Å². The lowest BCUT2D eigenvalue weighted by Gasteiger charge is -2.37. The van der Waals surface area contributed by atoms with E-state index in [-0.39, 0.29) is 11.6 Å². The summed E-state index contributed by atoms with van der Waals surface area (Å²) >= 11 is 5.70. The minimum atomic E-state index is -0.430. The lowest BCUT2D eigenvalue weighted by atomic mass is 9.94. The molecular weight excluding hydrogens is 455 g/mol. The zero-order valence-electron chi connectivity index (χ0n) is 19.5. The summed E-state index contributed by atoms with van der Waals surface area (Å²) in [5, 5.41) is 18.5. The van der Waals surface area contributed by atoms with Gasteiger partial charge in [0.1, 0.15) is 5.82 Å². The van der Waals surface area contributed by atoms with Gasteiger partial charge in [-0.3, -0.25) is 0 Å². The van der Waals surface area contributed by atoms with Crippen LogP contribution in [0.1, 0.15) is 44.7 Å². The van der Waals surface area contributed by atoms with Gasteiger partial charge in [-0.2, -0.15) is 4.98 Å². The molecule has 2 aromatic carbocycles. The van der Waals surface area contributed by atoms with Crippen LogP contribution >= 0.6 is 12.2 Å². The number of rotatable bonds is 7. The smallest absolute Gasteiger partial charge is 0.258 e. The number of thiocarbonyl (C=S) groups is 1. The Morgan fingerprint density at radius 2 is 1.97 bits per heavy atom. The number of aromatic hydroxyl groups is 1. The quantitative estimate of drug-likeness (QED) is 0.439. The summed E-state index contributed by atoms with van der Waals surface area (Å²) in [6.45, 7) is 7.03. The van der Waals surface area contributed by atoms with Gasteiger partial charge in [0.15, 0.2) is 16.6 Å². The second-order valence-electron chi connectivity index (χ2n) is 8.58. The van der Waals surface area contributed by atoms with Gasteiger partial charge in [-0.1, -0.05) is 25.1 Å². The van der Waals surface area contributed by atoms with E-state index in [1.807, 2.05) is 17.9 Å². The summed E-state index contributed by atoms with van der Waals surface area (Å²) in [5.74, 6) is 1.24. The number of phenols is 1. The van der Waals surface area contributed by atoms with E-state index in [0.29, 0.717) is 34.1 Å². The van der Waals surface area contributed by atoms with Crippen LogP contribution in [0.3, 0.4) is 0 Å². The number of allylic oxidation sites excluding steroid dienone is 1. The van der Waals surface area contributed by atoms with Crippen molar-refractivity contribution < 1.29 is 18.8 Å². The van der Waals surface area contributed by atoms with E-state index in [0.717, 1.165) is 29.8 Å². The molecule has 2 heterocycles. The first kappa shape index (κ1) is 23.7. The molecule has 9 heteroatoms. The van der Waals surface area contributed by atoms with Gasteiger partial charge >= 0.3 is 0 Å². The Hall–Kier alpha value is -3.46. The summed E-state index contributed by atoms with van der Waals surface area (Å²) in [6, 6.07) is 10.7. The predicted octanol–water partition coefficient (Wildman–Crippen LogP) is 5.30. The number of nitrogens with zero attached hydrogens (tertiary/aromatic N) is 3. The normalized spacial score (nSPS) is 16.2. The molecule has 0 saturated carbocycles. The number of hydrogen-bond acceptors (Lipinski definition) is 6. The van der Waals surface area contributed by atoms with Crippen LogP contribution < -0.4 is 10.1 Å². The molecule has 0 spiro atoms. The second-order valence-corrected chi connectivity index (χ2v) is 8.96. The highest BCUT2D eigenvalue weighted by Gasteiger charge is 2.34. The number of methoxy groups -OCH3 is 1.